The van der Waals surface area contributed by atoms with Crippen LogP contribution in [0.15, 0.2) is 19.8 Å². The summed E-state index contributed by atoms with van der Waals surface area (Å²) < 4.78 is 53.0. The van der Waals surface area contributed by atoms with E-state index < -0.39 is 39.4 Å². The molecule has 0 atom stereocenters. The van der Waals surface area contributed by atoms with Crippen molar-refractivity contribution in [3.8, 4) is 0 Å². The summed E-state index contributed by atoms with van der Waals surface area (Å²) in [7, 11) is 0. The fourth-order valence-corrected chi connectivity index (χ4v) is 21.4. The zero-order valence-corrected chi connectivity index (χ0v) is 18.7. The van der Waals surface area contributed by atoms with E-state index in [-0.39, 0.29) is 0 Å². The molecule has 1 rings (SSSR count). The van der Waals surface area contributed by atoms with Gasteiger partial charge in [0.25, 0.3) is 0 Å². The Morgan fingerprint density at radius 2 is 1.50 bits per heavy atom. The van der Waals surface area contributed by atoms with E-state index in [4.69, 9.17) is 0 Å². The molecule has 0 fully saturated rings. The van der Waals surface area contributed by atoms with Gasteiger partial charge in [-0.05, 0) is 0 Å². The van der Waals surface area contributed by atoms with Crippen molar-refractivity contribution in [2.24, 2.45) is 0 Å². The molecule has 3 N–H and O–H groups in total. The molecule has 0 saturated heterocycles. The molecule has 1 aliphatic carbocycles. The van der Waals surface area contributed by atoms with Crippen molar-refractivity contribution in [1.29, 1.82) is 0 Å². The molecule has 0 aromatic rings. The fraction of sp³-hybridized carbons (Fsp3) is 0.714. The predicted molar refractivity (Wildman–Crippen MR) is 85.4 cm³/mol. The average molecular weight is 459 g/mol. The van der Waals surface area contributed by atoms with Crippen LogP contribution in [0.5, 0.6) is 0 Å². The Morgan fingerprint density at radius 1 is 1.05 bits per heavy atom. The third-order valence-electron chi connectivity index (χ3n) is 4.09. The van der Waals surface area contributed by atoms with E-state index in [9.17, 15) is 13.2 Å². The van der Waals surface area contributed by atoms with Crippen LogP contribution in [-0.4, -0.2) is 37.9 Å². The van der Waals surface area contributed by atoms with Crippen LogP contribution in [-0.2, 0) is 21.1 Å². The van der Waals surface area contributed by atoms with Crippen molar-refractivity contribution in [3.05, 3.63) is 19.8 Å². The van der Waals surface area contributed by atoms with Crippen molar-refractivity contribution >= 4 is 13.3 Å². The topological polar surface area (TPSA) is 36.1 Å². The summed E-state index contributed by atoms with van der Waals surface area (Å²) in [6.07, 6.45) is 4.30. The molecule has 0 heterocycles. The van der Waals surface area contributed by atoms with Gasteiger partial charge in [-0.1, -0.05) is 0 Å². The van der Waals surface area contributed by atoms with E-state index in [0.717, 1.165) is 22.9 Å². The normalized spacial score (nSPS) is 16.7. The molecule has 0 aliphatic heterocycles. The van der Waals surface area contributed by atoms with Gasteiger partial charge >= 0.3 is 141 Å². The van der Waals surface area contributed by atoms with Crippen molar-refractivity contribution in [3.63, 3.8) is 0 Å². The zero-order chi connectivity index (χ0) is 17.0. The van der Waals surface area contributed by atoms with Crippen LogP contribution in [0.25, 0.3) is 0 Å². The van der Waals surface area contributed by atoms with Gasteiger partial charge in [-0.15, -0.1) is 0 Å². The predicted octanol–water partition coefficient (Wildman–Crippen LogP) is 3.28. The standard InChI is InChI=1S/C8H10F3Ge.3C2H6N.Zr/c1-12(2,8(9,10)11)7-5-3-4-6-7;3*1-2-3;/h3,5H,4H2,1-2H3;3*3H,2H2,1H3;/q;3*-1;+3. The maximum absolute atomic E-state index is 13.6. The molecular weight excluding hydrogens is 431 g/mol. The van der Waals surface area contributed by atoms with Gasteiger partial charge < -0.3 is 0 Å². The molecule has 128 valence electrons. The van der Waals surface area contributed by atoms with Gasteiger partial charge in [-0.2, -0.15) is 0 Å². The quantitative estimate of drug-likeness (QED) is 0.488. The molecule has 3 nitrogen and oxygen atoms in total. The van der Waals surface area contributed by atoms with Gasteiger partial charge in [0.15, 0.2) is 0 Å². The van der Waals surface area contributed by atoms with Gasteiger partial charge in [0.1, 0.15) is 0 Å². The van der Waals surface area contributed by atoms with E-state index in [1.54, 1.807) is 6.08 Å². The van der Waals surface area contributed by atoms with Gasteiger partial charge in [0.2, 0.25) is 0 Å². The molecule has 0 unspecified atom stereocenters. The Morgan fingerprint density at radius 3 is 1.86 bits per heavy atom. The molecule has 8 heteroatoms. The second-order valence-electron chi connectivity index (χ2n) is 5.96. The summed E-state index contributed by atoms with van der Waals surface area (Å²) >= 11 is -7.48. The molecule has 0 spiro atoms. The van der Waals surface area contributed by atoms with Crippen LogP contribution in [0, 0.1) is 0 Å². The Balaban J connectivity index is 3.41. The van der Waals surface area contributed by atoms with Crippen LogP contribution in [0.3, 0.4) is 0 Å². The first kappa shape index (κ1) is 20.6. The van der Waals surface area contributed by atoms with Gasteiger partial charge in [-0.25, -0.2) is 0 Å². The fourth-order valence-electron chi connectivity index (χ4n) is 2.90. The van der Waals surface area contributed by atoms with Crippen molar-refractivity contribution < 1.29 is 34.3 Å². The van der Waals surface area contributed by atoms with E-state index in [0.29, 0.717) is 10.8 Å². The van der Waals surface area contributed by atoms with Gasteiger partial charge in [0, 0.05) is 0 Å². The second-order valence-corrected chi connectivity index (χ2v) is 22.9. The molecule has 0 bridgehead atoms. The van der Waals surface area contributed by atoms with Crippen LogP contribution in [0.2, 0.25) is 11.5 Å². The first-order chi connectivity index (χ1) is 10.2. The van der Waals surface area contributed by atoms with Gasteiger partial charge in [-0.3, -0.25) is 0 Å². The first-order valence-electron chi connectivity index (χ1n) is 7.88. The Labute approximate surface area is 140 Å². The second kappa shape index (κ2) is 8.10. The van der Waals surface area contributed by atoms with Crippen molar-refractivity contribution in [1.82, 2.24) is 9.78 Å². The number of nitrogens with one attached hydrogen (secondary N) is 3. The summed E-state index contributed by atoms with van der Waals surface area (Å²) in [6.45, 7) is 8.31. The summed E-state index contributed by atoms with van der Waals surface area (Å²) in [5, 5.41) is -4.07. The summed E-state index contributed by atoms with van der Waals surface area (Å²) in [5.74, 6) is 2.93. The van der Waals surface area contributed by atoms with Crippen LogP contribution >= 0.6 is 0 Å². The average Bonchev–Trinajstić information content (AvgIpc) is 2.88. The number of halogens is 3. The number of hydrogen-bond donors (Lipinski definition) is 3. The van der Waals surface area contributed by atoms with E-state index in [1.807, 2.05) is 26.8 Å². The molecule has 0 aromatic heterocycles. The zero-order valence-electron chi connectivity index (χ0n) is 14.1. The van der Waals surface area contributed by atoms with Crippen LogP contribution in [0.4, 0.5) is 13.2 Å². The van der Waals surface area contributed by atoms with E-state index >= 15 is 0 Å². The summed E-state index contributed by atoms with van der Waals surface area (Å²) in [6, 6.07) is 0. The number of rotatable bonds is 8. The summed E-state index contributed by atoms with van der Waals surface area (Å²) in [4.78, 5) is 0. The summed E-state index contributed by atoms with van der Waals surface area (Å²) in [5.41, 5.74) is 0. The third-order valence-corrected chi connectivity index (χ3v) is 22.1. The minimum atomic E-state index is -4.09. The van der Waals surface area contributed by atoms with E-state index in [1.165, 1.54) is 11.5 Å². The maximum atomic E-state index is 13.6. The van der Waals surface area contributed by atoms with Crippen LogP contribution in [0.1, 0.15) is 27.2 Å². The Kier molecular flexibility index (Phi) is 7.59. The molecule has 0 radical (unpaired) electrons. The number of allylic oxidation sites excluding steroid dienone is 4. The van der Waals surface area contributed by atoms with E-state index in [2.05, 4.69) is 9.78 Å². The Hall–Kier alpha value is 0.576. The molecular formula is C14H28F3GeN3Zr. The molecule has 0 aromatic carbocycles. The number of hydrogen-bond acceptors (Lipinski definition) is 3. The molecule has 22 heavy (non-hydrogen) atoms. The Bertz CT molecular complexity index is 430. The van der Waals surface area contributed by atoms with Crippen molar-refractivity contribution in [2.75, 3.05) is 19.6 Å². The van der Waals surface area contributed by atoms with Crippen molar-refractivity contribution in [2.45, 2.75) is 43.7 Å². The molecule has 0 saturated carbocycles. The molecule has 1 aliphatic rings. The van der Waals surface area contributed by atoms with Gasteiger partial charge in [0.05, 0.1) is 0 Å². The first-order valence-corrected chi connectivity index (χ1v) is 19.1. The molecule has 0 amide bonds. The minimum absolute atomic E-state index is 0.617. The number of alkyl halides is 3. The monoisotopic (exact) mass is 459 g/mol. The third kappa shape index (κ3) is 4.15. The van der Waals surface area contributed by atoms with Crippen LogP contribution < -0.4 is 9.78 Å². The SMILES string of the molecule is CC[NH][Zr]([NH]CC)([NH]CC)[C]1=[C]([Ge]([CH3])([CH3])[C](F)(F)F)C=CC1.